The molecule has 13 heteroatoms. The van der Waals surface area contributed by atoms with Crippen LogP contribution in [-0.4, -0.2) is 75.6 Å². The van der Waals surface area contributed by atoms with Crippen molar-refractivity contribution in [3.63, 3.8) is 0 Å². The van der Waals surface area contributed by atoms with Gasteiger partial charge in [-0.1, -0.05) is 72.8 Å². The first-order chi connectivity index (χ1) is 26.3. The number of amides is 1. The maximum atomic E-state index is 13.0. The molecule has 2 aliphatic heterocycles. The van der Waals surface area contributed by atoms with E-state index in [1.807, 2.05) is 84.9 Å². The van der Waals surface area contributed by atoms with E-state index in [9.17, 15) is 14.7 Å². The van der Waals surface area contributed by atoms with Gasteiger partial charge in [-0.25, -0.2) is 15.0 Å². The Morgan fingerprint density at radius 3 is 2.07 bits per heavy atom. The fraction of sp³-hybridized carbons (Fsp3) is 0.244. The summed E-state index contributed by atoms with van der Waals surface area (Å²) in [5.41, 5.74) is 1.31. The first-order valence-corrected chi connectivity index (χ1v) is 17.4. The third-order valence-electron chi connectivity index (χ3n) is 10.2. The van der Waals surface area contributed by atoms with E-state index >= 15 is 0 Å². The highest BCUT2D eigenvalue weighted by atomic mass is 16.6. The van der Waals surface area contributed by atoms with Gasteiger partial charge < -0.3 is 34.1 Å². The molecule has 1 amide bonds. The predicted octanol–water partition coefficient (Wildman–Crippen LogP) is 5.86. The molecule has 1 unspecified atom stereocenters. The van der Waals surface area contributed by atoms with Crippen molar-refractivity contribution in [3.8, 4) is 11.5 Å². The quantitative estimate of drug-likeness (QED) is 0.137. The first kappa shape index (κ1) is 34.9. The van der Waals surface area contributed by atoms with E-state index in [4.69, 9.17) is 23.7 Å². The van der Waals surface area contributed by atoms with E-state index in [0.29, 0.717) is 28.2 Å². The molecule has 8 rings (SSSR count). The summed E-state index contributed by atoms with van der Waals surface area (Å²) in [5, 5.41) is 13.0. The molecule has 0 spiro atoms. The number of imidazole rings is 1. The average Bonchev–Trinajstić information content (AvgIpc) is 3.89. The monoisotopic (exact) mass is 727 g/mol. The van der Waals surface area contributed by atoms with Gasteiger partial charge in [0.05, 0.1) is 40.2 Å². The lowest BCUT2D eigenvalue weighted by Crippen LogP contribution is -2.47. The number of nitrogens with one attached hydrogen (secondary N) is 1. The van der Waals surface area contributed by atoms with Gasteiger partial charge in [-0.2, -0.15) is 0 Å². The largest absolute Gasteiger partial charge is 0.497 e. The zero-order valence-electron chi connectivity index (χ0n) is 29.5. The van der Waals surface area contributed by atoms with Crippen molar-refractivity contribution >= 4 is 28.9 Å². The summed E-state index contributed by atoms with van der Waals surface area (Å²) < 4.78 is 33.2. The average molecular weight is 728 g/mol. The van der Waals surface area contributed by atoms with Crippen LogP contribution in [0.3, 0.4) is 0 Å². The Labute approximate surface area is 310 Å². The Morgan fingerprint density at radius 2 is 1.46 bits per heavy atom. The number of carbonyl (C=O) groups is 2. The Balaban J connectivity index is 1.18. The van der Waals surface area contributed by atoms with E-state index < -0.39 is 35.4 Å². The second-order valence-corrected chi connectivity index (χ2v) is 13.2. The zero-order chi connectivity index (χ0) is 37.3. The molecule has 2 aromatic heterocycles. The SMILES string of the molecule is COc1ccc(C(OC[C@]23CO[C@@H](C2CC(=O)O)[C@H](n2cnc4c(NC(=O)c5ccccc5)ncnc42)O3)(c2ccccc2)c2ccc(OC)cc2)cc1. The van der Waals surface area contributed by atoms with Crippen molar-refractivity contribution in [1.82, 2.24) is 19.5 Å². The van der Waals surface area contributed by atoms with Crippen LogP contribution in [0, 0.1) is 5.92 Å². The number of hydrogen-bond donors (Lipinski definition) is 2. The van der Waals surface area contributed by atoms with Crippen molar-refractivity contribution in [3.05, 3.63) is 144 Å². The van der Waals surface area contributed by atoms with Crippen LogP contribution in [0.15, 0.2) is 122 Å². The van der Waals surface area contributed by atoms with E-state index in [0.717, 1.165) is 16.7 Å². The molecule has 2 saturated heterocycles. The summed E-state index contributed by atoms with van der Waals surface area (Å²) in [7, 11) is 3.23. The number of fused-ring (bicyclic) bond motifs is 3. The van der Waals surface area contributed by atoms with Crippen LogP contribution in [0.1, 0.15) is 39.7 Å². The number of rotatable bonds is 13. The molecule has 54 heavy (non-hydrogen) atoms. The highest BCUT2D eigenvalue weighted by Crippen LogP contribution is 2.53. The van der Waals surface area contributed by atoms with E-state index in [1.54, 1.807) is 49.4 Å². The van der Waals surface area contributed by atoms with Crippen molar-refractivity contribution in [2.45, 2.75) is 30.0 Å². The molecule has 0 saturated carbocycles. The van der Waals surface area contributed by atoms with Crippen molar-refractivity contribution in [1.29, 1.82) is 0 Å². The maximum Gasteiger partial charge on any atom is 0.303 e. The fourth-order valence-electron chi connectivity index (χ4n) is 7.56. The van der Waals surface area contributed by atoms with Crippen LogP contribution in [0.4, 0.5) is 5.82 Å². The van der Waals surface area contributed by atoms with E-state index in [1.165, 1.54) is 6.33 Å². The molecule has 0 aliphatic carbocycles. The summed E-state index contributed by atoms with van der Waals surface area (Å²) in [6.45, 7) is 0.0626. The van der Waals surface area contributed by atoms with Crippen LogP contribution in [0.5, 0.6) is 11.5 Å². The zero-order valence-corrected chi connectivity index (χ0v) is 29.5. The lowest BCUT2D eigenvalue weighted by atomic mass is 9.79. The Bertz CT molecular complexity index is 2220. The van der Waals surface area contributed by atoms with Crippen LogP contribution in [0.25, 0.3) is 11.2 Å². The normalized spacial score (nSPS) is 20.5. The third kappa shape index (κ3) is 6.11. The third-order valence-corrected chi connectivity index (χ3v) is 10.2. The Kier molecular flexibility index (Phi) is 9.28. The second-order valence-electron chi connectivity index (χ2n) is 13.2. The fourth-order valence-corrected chi connectivity index (χ4v) is 7.56. The smallest absolute Gasteiger partial charge is 0.303 e. The number of aliphatic carboxylic acids is 1. The number of carbonyl (C=O) groups excluding carboxylic acids is 1. The van der Waals surface area contributed by atoms with Crippen LogP contribution < -0.4 is 14.8 Å². The standard InChI is InChI=1S/C41H37N5O8/c1-50-30-17-13-28(14-18-30)41(27-11-7-4-8-12-27,29-15-19-31(51-2)20-16-29)53-23-40-22-52-35(32(40)21-33(47)48)39(54-40)46-25-44-34-36(42-24-43-37(34)46)45-38(49)26-9-5-3-6-10-26/h3-20,24-25,32,35,39H,21-23H2,1-2H3,(H,47,48)(H,42,43,45,49)/t32?,35-,39+,40+/m0/s1. The minimum atomic E-state index is -1.18. The van der Waals surface area contributed by atoms with Crippen LogP contribution >= 0.6 is 0 Å². The van der Waals surface area contributed by atoms with Crippen molar-refractivity contribution in [2.24, 2.45) is 5.92 Å². The number of carboxylic acid groups (broad SMARTS) is 1. The molecule has 4 atom stereocenters. The van der Waals surface area contributed by atoms with Crippen LogP contribution in [-0.2, 0) is 24.6 Å². The van der Waals surface area contributed by atoms with Gasteiger partial charge in [0.25, 0.3) is 5.91 Å². The number of anilines is 1. The number of nitrogens with zero attached hydrogens (tertiary/aromatic N) is 4. The highest BCUT2D eigenvalue weighted by molar-refractivity contribution is 6.06. The molecule has 274 valence electrons. The summed E-state index contributed by atoms with van der Waals surface area (Å²) in [6.07, 6.45) is 1.17. The number of ether oxygens (including phenoxy) is 5. The van der Waals surface area contributed by atoms with E-state index in [2.05, 4.69) is 20.3 Å². The van der Waals surface area contributed by atoms with Gasteiger partial charge in [0, 0.05) is 11.5 Å². The molecule has 6 aromatic rings. The Hall–Kier alpha value is -6.15. The minimum Gasteiger partial charge on any atom is -0.497 e. The number of benzene rings is 4. The van der Waals surface area contributed by atoms with E-state index in [-0.39, 0.29) is 31.4 Å². The molecule has 2 bridgehead atoms. The molecule has 13 nitrogen and oxygen atoms in total. The minimum absolute atomic E-state index is 0.0368. The molecule has 0 radical (unpaired) electrons. The van der Waals surface area contributed by atoms with Gasteiger partial charge in [-0.3, -0.25) is 14.2 Å². The summed E-state index contributed by atoms with van der Waals surface area (Å²) in [6, 6.07) is 34.0. The Morgan fingerprint density at radius 1 is 0.852 bits per heavy atom. The van der Waals surface area contributed by atoms with Crippen LogP contribution in [0.2, 0.25) is 0 Å². The number of hydrogen-bond acceptors (Lipinski definition) is 10. The van der Waals surface area contributed by atoms with Gasteiger partial charge in [0.1, 0.15) is 35.1 Å². The number of carboxylic acids is 1. The highest BCUT2D eigenvalue weighted by Gasteiger charge is 2.63. The van der Waals surface area contributed by atoms with Crippen molar-refractivity contribution < 1.29 is 38.4 Å². The molecule has 2 aliphatic rings. The van der Waals surface area contributed by atoms with Crippen molar-refractivity contribution in [2.75, 3.05) is 32.8 Å². The molecular formula is C41H37N5O8. The molecule has 2 fully saturated rings. The lowest BCUT2D eigenvalue weighted by Gasteiger charge is -2.40. The van der Waals surface area contributed by atoms with Gasteiger partial charge in [-0.05, 0) is 53.1 Å². The maximum absolute atomic E-state index is 13.0. The molecule has 4 heterocycles. The molecule has 2 N–H and O–H groups in total. The topological polar surface area (TPSA) is 156 Å². The van der Waals surface area contributed by atoms with Gasteiger partial charge in [0.2, 0.25) is 0 Å². The second kappa shape index (κ2) is 14.3. The summed E-state index contributed by atoms with van der Waals surface area (Å²) in [5.74, 6) is -0.349. The van der Waals surface area contributed by atoms with Gasteiger partial charge >= 0.3 is 5.97 Å². The number of methoxy groups -OCH3 is 2. The predicted molar refractivity (Wildman–Crippen MR) is 196 cm³/mol. The summed E-state index contributed by atoms with van der Waals surface area (Å²) >= 11 is 0. The molecular weight excluding hydrogens is 690 g/mol. The lowest BCUT2D eigenvalue weighted by molar-refractivity contribution is -0.200. The first-order valence-electron chi connectivity index (χ1n) is 17.4. The molecule has 4 aromatic carbocycles. The van der Waals surface area contributed by atoms with Gasteiger partial charge in [-0.15, -0.1) is 0 Å². The van der Waals surface area contributed by atoms with Gasteiger partial charge in [0.15, 0.2) is 23.2 Å². The number of aromatic nitrogens is 4. The summed E-state index contributed by atoms with van der Waals surface area (Å²) in [4.78, 5) is 38.7.